The van der Waals surface area contributed by atoms with Crippen LogP contribution in [0.2, 0.25) is 0 Å². The third kappa shape index (κ3) is 5.23. The maximum Gasteiger partial charge on any atom is 0.160 e. The van der Waals surface area contributed by atoms with E-state index < -0.39 is 0 Å². The molecule has 3 heteroatoms. The minimum atomic E-state index is 0.732. The minimum Gasteiger partial charge on any atom is -0.228 e. The number of aromatic nitrogens is 2. The number of halogens is 1. The number of hydrogen-bond donors (Lipinski definition) is 0. The Kier molecular flexibility index (Phi) is 6.62. The Hall–Kier alpha value is -4.08. The van der Waals surface area contributed by atoms with Gasteiger partial charge in [-0.2, -0.15) is 0 Å². The molecular weight excluding hydrogens is 516 g/mol. The van der Waals surface area contributed by atoms with Gasteiger partial charge in [-0.1, -0.05) is 131 Å². The summed E-state index contributed by atoms with van der Waals surface area (Å²) in [5.41, 5.74) is 10.1. The molecule has 0 amide bonds. The molecule has 0 saturated heterocycles. The molecule has 0 N–H and O–H groups in total. The van der Waals surface area contributed by atoms with Crippen LogP contribution in [0.1, 0.15) is 18.4 Å². The summed E-state index contributed by atoms with van der Waals surface area (Å²) >= 11 is 3.61. The van der Waals surface area contributed by atoms with E-state index in [0.29, 0.717) is 0 Å². The Balaban J connectivity index is 1.36. The number of hydrogen-bond acceptors (Lipinski definition) is 2. The fourth-order valence-corrected chi connectivity index (χ4v) is 4.98. The molecule has 0 radical (unpaired) electrons. The van der Waals surface area contributed by atoms with Gasteiger partial charge in [-0.3, -0.25) is 0 Å². The van der Waals surface area contributed by atoms with Gasteiger partial charge in [-0.15, -0.1) is 0 Å². The molecule has 0 atom stereocenters. The van der Waals surface area contributed by atoms with Crippen molar-refractivity contribution in [2.45, 2.75) is 12.8 Å². The van der Waals surface area contributed by atoms with E-state index in [1.54, 1.807) is 0 Å². The van der Waals surface area contributed by atoms with Crippen molar-refractivity contribution in [3.05, 3.63) is 137 Å². The Morgan fingerprint density at radius 3 is 1.68 bits per heavy atom. The maximum absolute atomic E-state index is 4.96. The lowest BCUT2D eigenvalue weighted by Gasteiger charge is -2.13. The van der Waals surface area contributed by atoms with E-state index >= 15 is 0 Å². The van der Waals surface area contributed by atoms with E-state index in [4.69, 9.17) is 9.97 Å². The lowest BCUT2D eigenvalue weighted by molar-refractivity contribution is 1.04. The molecule has 0 spiro atoms. The van der Waals surface area contributed by atoms with E-state index in [1.807, 2.05) is 36.4 Å². The number of nitrogens with zero attached hydrogens (tertiary/aromatic N) is 2. The predicted molar refractivity (Wildman–Crippen MR) is 158 cm³/mol. The molecule has 178 valence electrons. The van der Waals surface area contributed by atoms with Gasteiger partial charge in [-0.05, 0) is 51.7 Å². The lowest BCUT2D eigenvalue weighted by Crippen LogP contribution is -1.95. The van der Waals surface area contributed by atoms with Gasteiger partial charge in [-0.25, -0.2) is 9.97 Å². The Bertz CT molecular complexity index is 1540. The van der Waals surface area contributed by atoms with E-state index in [9.17, 15) is 0 Å². The Morgan fingerprint density at radius 2 is 1.03 bits per heavy atom. The van der Waals surface area contributed by atoms with Crippen LogP contribution in [-0.4, -0.2) is 9.97 Å². The summed E-state index contributed by atoms with van der Waals surface area (Å²) in [4.78, 5) is 9.86. The molecule has 1 aliphatic rings. The fraction of sp³-hybridized carbons (Fsp3) is 0.0588. The van der Waals surface area contributed by atoms with Crippen molar-refractivity contribution >= 4 is 21.5 Å². The van der Waals surface area contributed by atoms with Crippen LogP contribution in [0.15, 0.2) is 132 Å². The molecule has 1 aliphatic carbocycles. The summed E-state index contributed by atoms with van der Waals surface area (Å²) in [6, 6.07) is 40.1. The molecular formula is C34H25BrN2. The second kappa shape index (κ2) is 10.5. The summed E-state index contributed by atoms with van der Waals surface area (Å²) in [6.07, 6.45) is 6.50. The van der Waals surface area contributed by atoms with Crippen molar-refractivity contribution in [3.63, 3.8) is 0 Å². The average molecular weight is 541 g/mol. The lowest BCUT2D eigenvalue weighted by atomic mass is 9.94. The van der Waals surface area contributed by atoms with Crippen LogP contribution in [0.5, 0.6) is 0 Å². The van der Waals surface area contributed by atoms with E-state index in [0.717, 1.165) is 46.7 Å². The van der Waals surface area contributed by atoms with Gasteiger partial charge in [0.05, 0.1) is 11.4 Å². The zero-order chi connectivity index (χ0) is 25.0. The first-order valence-electron chi connectivity index (χ1n) is 12.5. The summed E-state index contributed by atoms with van der Waals surface area (Å²) in [5.74, 6) is 0.732. The predicted octanol–water partition coefficient (Wildman–Crippen LogP) is 9.60. The number of benzene rings is 4. The number of rotatable bonds is 5. The van der Waals surface area contributed by atoms with Crippen molar-refractivity contribution in [1.29, 1.82) is 0 Å². The van der Waals surface area contributed by atoms with Gasteiger partial charge < -0.3 is 0 Å². The molecule has 37 heavy (non-hydrogen) atoms. The van der Waals surface area contributed by atoms with Crippen LogP contribution >= 0.6 is 15.9 Å². The van der Waals surface area contributed by atoms with Crippen LogP contribution < -0.4 is 0 Å². The van der Waals surface area contributed by atoms with Crippen molar-refractivity contribution in [3.8, 4) is 45.0 Å². The van der Waals surface area contributed by atoms with Gasteiger partial charge in [0.1, 0.15) is 0 Å². The quantitative estimate of drug-likeness (QED) is 0.221. The SMILES string of the molecule is BrC1=CC=C(c2cccc(-c3ccc(-c4cc(-c5ccccc5)nc(-c5ccccc5)n4)cc3)c2)CC1. The van der Waals surface area contributed by atoms with Crippen molar-refractivity contribution in [1.82, 2.24) is 9.97 Å². The van der Waals surface area contributed by atoms with Crippen molar-refractivity contribution in [2.75, 3.05) is 0 Å². The van der Waals surface area contributed by atoms with Crippen LogP contribution in [0.25, 0.3) is 50.6 Å². The van der Waals surface area contributed by atoms with E-state index in [2.05, 4.69) is 107 Å². The van der Waals surface area contributed by atoms with Gasteiger partial charge in [0.15, 0.2) is 5.82 Å². The second-order valence-electron chi connectivity index (χ2n) is 9.16. The van der Waals surface area contributed by atoms with Gasteiger partial charge in [0, 0.05) is 16.7 Å². The molecule has 2 nitrogen and oxygen atoms in total. The van der Waals surface area contributed by atoms with Gasteiger partial charge in [0.25, 0.3) is 0 Å². The summed E-state index contributed by atoms with van der Waals surface area (Å²) < 4.78 is 1.26. The van der Waals surface area contributed by atoms with Gasteiger partial charge in [0.2, 0.25) is 0 Å². The highest BCUT2D eigenvalue weighted by molar-refractivity contribution is 9.11. The zero-order valence-corrected chi connectivity index (χ0v) is 21.9. The molecule has 1 heterocycles. The highest BCUT2D eigenvalue weighted by Gasteiger charge is 2.12. The molecule has 1 aromatic heterocycles. The molecule has 5 aromatic rings. The summed E-state index contributed by atoms with van der Waals surface area (Å²) in [7, 11) is 0. The molecule has 0 unspecified atom stereocenters. The van der Waals surface area contributed by atoms with Crippen LogP contribution in [0, 0.1) is 0 Å². The highest BCUT2D eigenvalue weighted by Crippen LogP contribution is 2.33. The van der Waals surface area contributed by atoms with E-state index in [1.165, 1.54) is 26.7 Å². The zero-order valence-electron chi connectivity index (χ0n) is 20.3. The first-order chi connectivity index (χ1) is 18.2. The monoisotopic (exact) mass is 540 g/mol. The maximum atomic E-state index is 4.96. The van der Waals surface area contributed by atoms with E-state index in [-0.39, 0.29) is 0 Å². The third-order valence-corrected chi connectivity index (χ3v) is 7.33. The summed E-state index contributed by atoms with van der Waals surface area (Å²) in [6.45, 7) is 0. The second-order valence-corrected chi connectivity index (χ2v) is 10.2. The highest BCUT2D eigenvalue weighted by atomic mass is 79.9. The van der Waals surface area contributed by atoms with Crippen LogP contribution in [0.3, 0.4) is 0 Å². The van der Waals surface area contributed by atoms with Crippen LogP contribution in [0.4, 0.5) is 0 Å². The smallest absolute Gasteiger partial charge is 0.160 e. The number of allylic oxidation sites excluding steroid dienone is 4. The molecule has 6 rings (SSSR count). The first kappa shape index (κ1) is 23.3. The normalized spacial score (nSPS) is 13.1. The molecule has 0 saturated carbocycles. The largest absolute Gasteiger partial charge is 0.228 e. The third-order valence-electron chi connectivity index (χ3n) is 6.67. The van der Waals surface area contributed by atoms with Crippen molar-refractivity contribution in [2.24, 2.45) is 0 Å². The Labute approximate surface area is 226 Å². The fourth-order valence-electron chi connectivity index (χ4n) is 4.65. The minimum absolute atomic E-state index is 0.732. The molecule has 0 fully saturated rings. The first-order valence-corrected chi connectivity index (χ1v) is 13.3. The van der Waals surface area contributed by atoms with Gasteiger partial charge >= 0.3 is 0 Å². The Morgan fingerprint density at radius 1 is 0.459 bits per heavy atom. The molecule has 4 aromatic carbocycles. The molecule has 0 bridgehead atoms. The molecule has 0 aliphatic heterocycles. The van der Waals surface area contributed by atoms with Crippen LogP contribution in [-0.2, 0) is 0 Å². The topological polar surface area (TPSA) is 25.8 Å². The standard InChI is InChI=1S/C34H25BrN2/c35-31-20-18-25(19-21-31)30-13-7-12-29(22-30)24-14-16-27(17-15-24)33-23-32(26-8-3-1-4-9-26)36-34(37-33)28-10-5-2-6-11-28/h1-18,20,22-23H,19,21H2. The average Bonchev–Trinajstić information content (AvgIpc) is 2.98. The van der Waals surface area contributed by atoms with Crippen molar-refractivity contribution < 1.29 is 0 Å². The summed E-state index contributed by atoms with van der Waals surface area (Å²) in [5, 5.41) is 0.